The maximum absolute atomic E-state index is 13.0. The lowest BCUT2D eigenvalue weighted by Gasteiger charge is -2.06. The third kappa shape index (κ3) is 2.49. The first-order chi connectivity index (χ1) is 12.4. The van der Waals surface area contributed by atoms with Crippen molar-refractivity contribution in [2.24, 2.45) is 0 Å². The molecule has 0 bridgehead atoms. The Hall–Kier alpha value is -2.71. The van der Waals surface area contributed by atoms with Crippen LogP contribution in [-0.4, -0.2) is 28.2 Å². The summed E-state index contributed by atoms with van der Waals surface area (Å²) in [5.74, 6) is 0.162. The summed E-state index contributed by atoms with van der Waals surface area (Å²) >= 11 is 6.00. The molecule has 7 nitrogen and oxygen atoms in total. The highest BCUT2D eigenvalue weighted by Crippen LogP contribution is 2.28. The number of rotatable bonds is 3. The quantitative estimate of drug-likeness (QED) is 0.579. The summed E-state index contributed by atoms with van der Waals surface area (Å²) in [5, 5.41) is 8.68. The van der Waals surface area contributed by atoms with Gasteiger partial charge >= 0.3 is 0 Å². The minimum absolute atomic E-state index is 0.0805. The minimum atomic E-state index is -3.88. The predicted octanol–water partition coefficient (Wildman–Crippen LogP) is 2.91. The van der Waals surface area contributed by atoms with Gasteiger partial charge in [-0.3, -0.25) is 0 Å². The summed E-state index contributed by atoms with van der Waals surface area (Å²) in [6.45, 7) is 2.00. The number of nitrogens with two attached hydrogens (primary N) is 1. The number of fused-ring (bicyclic) bond motifs is 3. The van der Waals surface area contributed by atoms with E-state index in [4.69, 9.17) is 17.3 Å². The SMILES string of the molecule is CCc1ccc(S(=O)(=O)c2nnn3c2nc(N)c2cc(Cl)ccc23)cc1. The molecule has 0 saturated carbocycles. The highest BCUT2D eigenvalue weighted by Gasteiger charge is 2.26. The third-order valence-electron chi connectivity index (χ3n) is 4.20. The van der Waals surface area contributed by atoms with Gasteiger partial charge in [-0.1, -0.05) is 35.9 Å². The molecule has 0 atom stereocenters. The van der Waals surface area contributed by atoms with Crippen LogP contribution >= 0.6 is 11.6 Å². The normalized spacial score (nSPS) is 12.1. The molecule has 0 aliphatic rings. The summed E-state index contributed by atoms with van der Waals surface area (Å²) in [6, 6.07) is 11.7. The average Bonchev–Trinajstić information content (AvgIpc) is 3.06. The van der Waals surface area contributed by atoms with Gasteiger partial charge in [0.1, 0.15) is 5.82 Å². The molecule has 2 heterocycles. The standard InChI is InChI=1S/C17H14ClN5O2S/c1-2-10-3-6-12(7-4-10)26(24,25)17-16-20-15(19)13-9-11(18)5-8-14(13)23(16)22-21-17/h3-9H,2H2,1H3,(H2,19,20). The number of hydrogen-bond acceptors (Lipinski definition) is 6. The Morgan fingerprint density at radius 2 is 1.88 bits per heavy atom. The van der Waals surface area contributed by atoms with Crippen LogP contribution in [0.5, 0.6) is 0 Å². The molecule has 0 amide bonds. The van der Waals surface area contributed by atoms with Crippen molar-refractivity contribution < 1.29 is 8.42 Å². The molecule has 9 heteroatoms. The van der Waals surface area contributed by atoms with Gasteiger partial charge in [-0.05, 0) is 42.3 Å². The second-order valence-electron chi connectivity index (χ2n) is 5.79. The van der Waals surface area contributed by atoms with Crippen LogP contribution in [0.1, 0.15) is 12.5 Å². The van der Waals surface area contributed by atoms with Crippen molar-refractivity contribution in [2.45, 2.75) is 23.3 Å². The molecular weight excluding hydrogens is 374 g/mol. The Balaban J connectivity index is 1.97. The van der Waals surface area contributed by atoms with Crippen molar-refractivity contribution in [2.75, 3.05) is 5.73 Å². The Morgan fingerprint density at radius 3 is 2.58 bits per heavy atom. The van der Waals surface area contributed by atoms with Crippen LogP contribution in [-0.2, 0) is 16.3 Å². The maximum Gasteiger partial charge on any atom is 0.229 e. The van der Waals surface area contributed by atoms with E-state index in [-0.39, 0.29) is 21.4 Å². The molecule has 0 unspecified atom stereocenters. The molecule has 0 aliphatic carbocycles. The minimum Gasteiger partial charge on any atom is -0.383 e. The lowest BCUT2D eigenvalue weighted by atomic mass is 10.2. The lowest BCUT2D eigenvalue weighted by Crippen LogP contribution is -2.05. The van der Waals surface area contributed by atoms with Crippen molar-refractivity contribution in [3.05, 3.63) is 53.1 Å². The largest absolute Gasteiger partial charge is 0.383 e. The highest BCUT2D eigenvalue weighted by molar-refractivity contribution is 7.91. The number of halogens is 1. The number of aromatic nitrogens is 4. The van der Waals surface area contributed by atoms with Gasteiger partial charge in [-0.15, -0.1) is 5.10 Å². The van der Waals surface area contributed by atoms with E-state index in [1.54, 1.807) is 42.5 Å². The zero-order valence-electron chi connectivity index (χ0n) is 13.7. The fourth-order valence-corrected chi connectivity index (χ4v) is 4.19. The van der Waals surface area contributed by atoms with E-state index < -0.39 is 9.84 Å². The van der Waals surface area contributed by atoms with E-state index in [1.807, 2.05) is 6.92 Å². The fourth-order valence-electron chi connectivity index (χ4n) is 2.78. The van der Waals surface area contributed by atoms with E-state index in [2.05, 4.69) is 15.3 Å². The van der Waals surface area contributed by atoms with E-state index >= 15 is 0 Å². The average molecular weight is 388 g/mol. The maximum atomic E-state index is 13.0. The van der Waals surface area contributed by atoms with Crippen LogP contribution in [0, 0.1) is 0 Å². The van der Waals surface area contributed by atoms with Crippen molar-refractivity contribution in [3.8, 4) is 0 Å². The molecule has 4 rings (SSSR count). The van der Waals surface area contributed by atoms with Crippen LogP contribution in [0.15, 0.2) is 52.4 Å². The van der Waals surface area contributed by atoms with Gasteiger partial charge in [0.15, 0.2) is 5.65 Å². The Kier molecular flexibility index (Phi) is 3.82. The van der Waals surface area contributed by atoms with Crippen molar-refractivity contribution >= 4 is 43.8 Å². The topological polar surface area (TPSA) is 103 Å². The number of nitrogens with zero attached hydrogens (tertiary/aromatic N) is 4. The molecule has 132 valence electrons. The van der Waals surface area contributed by atoms with E-state index in [0.29, 0.717) is 15.9 Å². The van der Waals surface area contributed by atoms with Crippen LogP contribution in [0.3, 0.4) is 0 Å². The number of benzene rings is 2. The van der Waals surface area contributed by atoms with Gasteiger partial charge in [0.2, 0.25) is 14.9 Å². The first-order valence-electron chi connectivity index (χ1n) is 7.86. The molecule has 0 saturated heterocycles. The van der Waals surface area contributed by atoms with E-state index in [1.165, 1.54) is 4.52 Å². The summed E-state index contributed by atoms with van der Waals surface area (Å²) in [4.78, 5) is 4.34. The zero-order valence-corrected chi connectivity index (χ0v) is 15.3. The summed E-state index contributed by atoms with van der Waals surface area (Å²) in [5.41, 5.74) is 7.71. The smallest absolute Gasteiger partial charge is 0.229 e. The number of aryl methyl sites for hydroxylation is 1. The fraction of sp³-hybridized carbons (Fsp3) is 0.118. The van der Waals surface area contributed by atoms with Crippen molar-refractivity contribution in [1.29, 1.82) is 0 Å². The molecule has 2 N–H and O–H groups in total. The first-order valence-corrected chi connectivity index (χ1v) is 9.72. The van der Waals surface area contributed by atoms with Gasteiger partial charge < -0.3 is 5.73 Å². The summed E-state index contributed by atoms with van der Waals surface area (Å²) in [6.07, 6.45) is 0.821. The molecule has 2 aromatic carbocycles. The molecule has 4 aromatic rings. The van der Waals surface area contributed by atoms with Gasteiger partial charge in [0.05, 0.1) is 10.4 Å². The lowest BCUT2D eigenvalue weighted by molar-refractivity contribution is 0.592. The van der Waals surface area contributed by atoms with Gasteiger partial charge in [-0.2, -0.15) is 4.52 Å². The number of hydrogen-bond donors (Lipinski definition) is 1. The zero-order chi connectivity index (χ0) is 18.5. The Bertz CT molecular complexity index is 1250. The van der Waals surface area contributed by atoms with Gasteiger partial charge in [0.25, 0.3) is 0 Å². The molecule has 0 radical (unpaired) electrons. The van der Waals surface area contributed by atoms with E-state index in [9.17, 15) is 8.42 Å². The molecule has 0 aliphatic heterocycles. The van der Waals surface area contributed by atoms with Gasteiger partial charge in [-0.25, -0.2) is 13.4 Å². The summed E-state index contributed by atoms with van der Waals surface area (Å²) < 4.78 is 27.3. The Morgan fingerprint density at radius 1 is 1.15 bits per heavy atom. The van der Waals surface area contributed by atoms with Crippen LogP contribution < -0.4 is 5.73 Å². The number of sulfone groups is 1. The van der Waals surface area contributed by atoms with Crippen LogP contribution in [0.25, 0.3) is 16.6 Å². The molecule has 0 spiro atoms. The van der Waals surface area contributed by atoms with Gasteiger partial charge in [0, 0.05) is 10.4 Å². The predicted molar refractivity (Wildman–Crippen MR) is 99.0 cm³/mol. The number of anilines is 1. The van der Waals surface area contributed by atoms with Crippen molar-refractivity contribution in [3.63, 3.8) is 0 Å². The van der Waals surface area contributed by atoms with Crippen LogP contribution in [0.2, 0.25) is 5.02 Å². The van der Waals surface area contributed by atoms with E-state index in [0.717, 1.165) is 12.0 Å². The second kappa shape index (κ2) is 5.93. The highest BCUT2D eigenvalue weighted by atomic mass is 35.5. The molecule has 2 aromatic heterocycles. The van der Waals surface area contributed by atoms with Crippen LogP contribution in [0.4, 0.5) is 5.82 Å². The first kappa shape index (κ1) is 16.7. The van der Waals surface area contributed by atoms with Crippen molar-refractivity contribution in [1.82, 2.24) is 19.8 Å². The monoisotopic (exact) mass is 387 g/mol. The summed E-state index contributed by atoms with van der Waals surface area (Å²) in [7, 11) is -3.88. The Labute approximate surface area is 154 Å². The number of nitrogen functional groups attached to an aromatic ring is 1. The molecular formula is C17H14ClN5O2S. The molecule has 26 heavy (non-hydrogen) atoms. The molecule has 0 fully saturated rings. The second-order valence-corrected chi connectivity index (χ2v) is 8.09. The third-order valence-corrected chi connectivity index (χ3v) is 6.10.